The molecule has 1 aliphatic heterocycles. The Morgan fingerprint density at radius 3 is 2.61 bits per heavy atom. The van der Waals surface area contributed by atoms with Crippen LogP contribution in [0.4, 0.5) is 17.6 Å². The van der Waals surface area contributed by atoms with Crippen LogP contribution >= 0.6 is 0 Å². The van der Waals surface area contributed by atoms with Gasteiger partial charge in [0.2, 0.25) is 5.91 Å². The third-order valence-electron chi connectivity index (χ3n) is 2.57. The van der Waals surface area contributed by atoms with Gasteiger partial charge in [-0.25, -0.2) is 4.39 Å². The summed E-state index contributed by atoms with van der Waals surface area (Å²) in [6.45, 7) is -0.148. The Bertz CT molecular complexity index is 463. The van der Waals surface area contributed by atoms with Crippen molar-refractivity contribution < 1.29 is 27.1 Å². The van der Waals surface area contributed by atoms with E-state index in [9.17, 15) is 22.4 Å². The van der Waals surface area contributed by atoms with Gasteiger partial charge >= 0.3 is 6.18 Å². The predicted octanol–water partition coefficient (Wildman–Crippen LogP) is 2.03. The van der Waals surface area contributed by atoms with Crippen LogP contribution in [0, 0.1) is 5.82 Å². The standard InChI is InChI=1S/C11H9F4NO2/c12-8-2-1-6(3-7(8)11(13,14)15)9-4-16-10(17)5-18-9/h1-3,9H,4-5H2,(H,16,17)/t9-/m1/s1. The number of hydrogen-bond donors (Lipinski definition) is 1. The van der Waals surface area contributed by atoms with E-state index < -0.39 is 23.7 Å². The lowest BCUT2D eigenvalue weighted by Crippen LogP contribution is -2.38. The van der Waals surface area contributed by atoms with Crippen molar-refractivity contribution in [2.24, 2.45) is 0 Å². The lowest BCUT2D eigenvalue weighted by molar-refractivity contribution is -0.140. The second-order valence-electron chi connectivity index (χ2n) is 3.84. The SMILES string of the molecule is O=C1CO[C@@H](c2ccc(F)c(C(F)(F)F)c2)CN1. The van der Waals surface area contributed by atoms with Gasteiger partial charge in [0, 0.05) is 6.54 Å². The van der Waals surface area contributed by atoms with Crippen LogP contribution in [-0.4, -0.2) is 19.1 Å². The van der Waals surface area contributed by atoms with Crippen LogP contribution in [0.2, 0.25) is 0 Å². The van der Waals surface area contributed by atoms with Crippen molar-refractivity contribution >= 4 is 5.91 Å². The molecule has 2 rings (SSSR count). The molecule has 1 aromatic rings. The third kappa shape index (κ3) is 2.61. The molecule has 1 aromatic carbocycles. The number of carbonyl (C=O) groups excluding carboxylic acids is 1. The zero-order valence-corrected chi connectivity index (χ0v) is 9.05. The minimum Gasteiger partial charge on any atom is -0.362 e. The van der Waals surface area contributed by atoms with Gasteiger partial charge in [0.15, 0.2) is 0 Å². The zero-order valence-electron chi connectivity index (χ0n) is 9.05. The van der Waals surface area contributed by atoms with Gasteiger partial charge in [-0.05, 0) is 17.7 Å². The van der Waals surface area contributed by atoms with Crippen molar-refractivity contribution in [1.29, 1.82) is 0 Å². The van der Waals surface area contributed by atoms with Crippen molar-refractivity contribution in [2.45, 2.75) is 12.3 Å². The monoisotopic (exact) mass is 263 g/mol. The van der Waals surface area contributed by atoms with Crippen molar-refractivity contribution in [3.63, 3.8) is 0 Å². The van der Waals surface area contributed by atoms with Crippen LogP contribution in [0.1, 0.15) is 17.2 Å². The zero-order chi connectivity index (χ0) is 13.3. The van der Waals surface area contributed by atoms with Gasteiger partial charge in [0.1, 0.15) is 18.5 Å². The molecule has 0 saturated carbocycles. The predicted molar refractivity (Wildman–Crippen MR) is 53.1 cm³/mol. The number of carbonyl (C=O) groups is 1. The molecule has 1 saturated heterocycles. The Hall–Kier alpha value is -1.63. The van der Waals surface area contributed by atoms with Crippen LogP contribution in [0.5, 0.6) is 0 Å². The van der Waals surface area contributed by atoms with E-state index >= 15 is 0 Å². The summed E-state index contributed by atoms with van der Waals surface area (Å²) in [6.07, 6.45) is -5.44. The Kier molecular flexibility index (Phi) is 3.25. The van der Waals surface area contributed by atoms with Crippen molar-refractivity contribution in [3.8, 4) is 0 Å². The topological polar surface area (TPSA) is 38.3 Å². The molecule has 18 heavy (non-hydrogen) atoms. The average molecular weight is 263 g/mol. The van der Waals surface area contributed by atoms with E-state index in [-0.39, 0.29) is 24.6 Å². The number of nitrogens with one attached hydrogen (secondary N) is 1. The molecule has 7 heteroatoms. The quantitative estimate of drug-likeness (QED) is 0.787. The van der Waals surface area contributed by atoms with Crippen LogP contribution in [0.3, 0.4) is 0 Å². The summed E-state index contributed by atoms with van der Waals surface area (Å²) in [4.78, 5) is 10.8. The Balaban J connectivity index is 2.27. The lowest BCUT2D eigenvalue weighted by atomic mass is 10.0. The molecular weight excluding hydrogens is 254 g/mol. The molecule has 1 atom stereocenters. The number of morpholine rings is 1. The fourth-order valence-corrected chi connectivity index (χ4v) is 1.67. The highest BCUT2D eigenvalue weighted by atomic mass is 19.4. The van der Waals surface area contributed by atoms with Crippen molar-refractivity contribution in [3.05, 3.63) is 35.1 Å². The number of halogens is 4. The van der Waals surface area contributed by atoms with E-state index in [4.69, 9.17) is 4.74 Å². The van der Waals surface area contributed by atoms with Crippen LogP contribution in [0.15, 0.2) is 18.2 Å². The minimum atomic E-state index is -4.75. The average Bonchev–Trinajstić information content (AvgIpc) is 2.29. The van der Waals surface area contributed by atoms with Crippen LogP contribution < -0.4 is 5.32 Å². The van der Waals surface area contributed by atoms with Gasteiger partial charge < -0.3 is 10.1 Å². The number of hydrogen-bond acceptors (Lipinski definition) is 2. The van der Waals surface area contributed by atoms with E-state index in [1.54, 1.807) is 0 Å². The molecule has 1 heterocycles. The second kappa shape index (κ2) is 4.56. The molecule has 0 unspecified atom stereocenters. The summed E-state index contributed by atoms with van der Waals surface area (Å²) in [7, 11) is 0. The Morgan fingerprint density at radius 1 is 1.33 bits per heavy atom. The fourth-order valence-electron chi connectivity index (χ4n) is 1.67. The van der Waals surface area contributed by atoms with Gasteiger partial charge in [0.25, 0.3) is 0 Å². The van der Waals surface area contributed by atoms with E-state index in [0.717, 1.165) is 6.07 Å². The normalized spacial score (nSPS) is 20.7. The number of amides is 1. The molecule has 0 aromatic heterocycles. The smallest absolute Gasteiger partial charge is 0.362 e. The molecule has 0 radical (unpaired) electrons. The number of benzene rings is 1. The highest BCUT2D eigenvalue weighted by molar-refractivity contribution is 5.77. The molecule has 0 aliphatic carbocycles. The first-order valence-corrected chi connectivity index (χ1v) is 5.13. The maximum absolute atomic E-state index is 13.1. The second-order valence-corrected chi connectivity index (χ2v) is 3.84. The molecule has 0 spiro atoms. The number of alkyl halides is 3. The molecule has 1 amide bonds. The van der Waals surface area contributed by atoms with E-state index in [2.05, 4.69) is 5.32 Å². The largest absolute Gasteiger partial charge is 0.419 e. The molecule has 1 aliphatic rings. The summed E-state index contributed by atoms with van der Waals surface area (Å²) in [5, 5.41) is 2.46. The van der Waals surface area contributed by atoms with Gasteiger partial charge in [-0.1, -0.05) is 6.07 Å². The molecule has 98 valence electrons. The Labute approximate surface area is 99.7 Å². The van der Waals surface area contributed by atoms with E-state index in [1.165, 1.54) is 6.07 Å². The molecule has 3 nitrogen and oxygen atoms in total. The maximum Gasteiger partial charge on any atom is 0.419 e. The minimum absolute atomic E-state index is 0.0712. The summed E-state index contributed by atoms with van der Waals surface area (Å²) in [5.41, 5.74) is -1.15. The van der Waals surface area contributed by atoms with Gasteiger partial charge in [-0.2, -0.15) is 13.2 Å². The van der Waals surface area contributed by atoms with E-state index in [0.29, 0.717) is 6.07 Å². The molecular formula is C11H9F4NO2. The summed E-state index contributed by atoms with van der Waals surface area (Å²) >= 11 is 0. The third-order valence-corrected chi connectivity index (χ3v) is 2.57. The summed E-state index contributed by atoms with van der Waals surface area (Å²) < 4.78 is 55.7. The van der Waals surface area contributed by atoms with Crippen LogP contribution in [-0.2, 0) is 15.7 Å². The van der Waals surface area contributed by atoms with Crippen molar-refractivity contribution in [2.75, 3.05) is 13.2 Å². The first kappa shape index (κ1) is 12.8. The molecule has 1 N–H and O–H groups in total. The highest BCUT2D eigenvalue weighted by Crippen LogP contribution is 2.33. The summed E-state index contributed by atoms with van der Waals surface area (Å²) in [6, 6.07) is 2.67. The maximum atomic E-state index is 13.1. The highest BCUT2D eigenvalue weighted by Gasteiger charge is 2.35. The molecule has 0 bridgehead atoms. The lowest BCUT2D eigenvalue weighted by Gasteiger charge is -2.24. The van der Waals surface area contributed by atoms with Gasteiger partial charge in [-0.3, -0.25) is 4.79 Å². The van der Waals surface area contributed by atoms with Gasteiger partial charge in [-0.15, -0.1) is 0 Å². The number of ether oxygens (including phenoxy) is 1. The van der Waals surface area contributed by atoms with Crippen LogP contribution in [0.25, 0.3) is 0 Å². The first-order valence-electron chi connectivity index (χ1n) is 5.13. The first-order chi connectivity index (χ1) is 8.38. The van der Waals surface area contributed by atoms with E-state index in [1.807, 2.05) is 0 Å². The fraction of sp³-hybridized carbons (Fsp3) is 0.364. The Morgan fingerprint density at radius 2 is 2.06 bits per heavy atom. The molecule has 1 fully saturated rings. The summed E-state index contributed by atoms with van der Waals surface area (Å²) in [5.74, 6) is -1.66. The van der Waals surface area contributed by atoms with Gasteiger partial charge in [0.05, 0.1) is 5.56 Å². The van der Waals surface area contributed by atoms with Crippen molar-refractivity contribution in [1.82, 2.24) is 5.32 Å². The number of rotatable bonds is 1.